The maximum Gasteiger partial charge on any atom is 0.191 e. The van der Waals surface area contributed by atoms with Crippen molar-refractivity contribution in [2.45, 2.75) is 50.6 Å². The Bertz CT molecular complexity index is 545. The molecule has 0 atom stereocenters. The van der Waals surface area contributed by atoms with Crippen molar-refractivity contribution >= 4 is 11.6 Å². The van der Waals surface area contributed by atoms with E-state index < -0.39 is 0 Å². The summed E-state index contributed by atoms with van der Waals surface area (Å²) >= 11 is 0. The maximum atomic E-state index is 4.42. The number of nitrogens with zero attached hydrogens (tertiary/aromatic N) is 3. The molecule has 1 aliphatic heterocycles. The minimum absolute atomic E-state index is 0.508. The van der Waals surface area contributed by atoms with Crippen molar-refractivity contribution in [2.75, 3.05) is 45.2 Å². The zero-order valence-electron chi connectivity index (χ0n) is 16.5. The molecule has 144 valence electrons. The van der Waals surface area contributed by atoms with Crippen molar-refractivity contribution < 1.29 is 0 Å². The number of rotatable bonds is 6. The number of anilines is 1. The molecule has 0 amide bonds. The average molecular weight is 358 g/mol. The van der Waals surface area contributed by atoms with Crippen LogP contribution >= 0.6 is 0 Å². The first-order valence-corrected chi connectivity index (χ1v) is 10.2. The Morgan fingerprint density at radius 1 is 1.12 bits per heavy atom. The van der Waals surface area contributed by atoms with Gasteiger partial charge in [0.2, 0.25) is 0 Å². The Kier molecular flexibility index (Phi) is 7.18. The molecule has 26 heavy (non-hydrogen) atoms. The predicted octanol–water partition coefficient (Wildman–Crippen LogP) is 2.69. The van der Waals surface area contributed by atoms with Crippen molar-refractivity contribution in [1.82, 2.24) is 15.5 Å². The Morgan fingerprint density at radius 2 is 1.81 bits per heavy atom. The molecule has 1 saturated carbocycles. The molecule has 3 rings (SSSR count). The minimum Gasteiger partial charge on any atom is -0.371 e. The molecule has 0 bridgehead atoms. The minimum atomic E-state index is 0.508. The summed E-state index contributed by atoms with van der Waals surface area (Å²) in [5.41, 5.74) is 1.34. The van der Waals surface area contributed by atoms with Gasteiger partial charge in [-0.2, -0.15) is 0 Å². The molecule has 0 unspecified atom stereocenters. The Labute approximate surface area is 158 Å². The van der Waals surface area contributed by atoms with Crippen molar-refractivity contribution in [3.8, 4) is 0 Å². The van der Waals surface area contributed by atoms with Gasteiger partial charge in [-0.15, -0.1) is 0 Å². The van der Waals surface area contributed by atoms with E-state index >= 15 is 0 Å². The fourth-order valence-corrected chi connectivity index (χ4v) is 4.19. The molecule has 5 heteroatoms. The van der Waals surface area contributed by atoms with Gasteiger partial charge < -0.3 is 20.4 Å². The van der Waals surface area contributed by atoms with Crippen molar-refractivity contribution in [1.29, 1.82) is 0 Å². The molecular weight excluding hydrogens is 322 g/mol. The van der Waals surface area contributed by atoms with Crippen LogP contribution in [0.4, 0.5) is 5.69 Å². The number of nitrogens with one attached hydrogen (secondary N) is 2. The summed E-state index contributed by atoms with van der Waals surface area (Å²) in [6.45, 7) is 4.24. The summed E-state index contributed by atoms with van der Waals surface area (Å²) in [7, 11) is 4.13. The predicted molar refractivity (Wildman–Crippen MR) is 111 cm³/mol. The number of benzene rings is 1. The van der Waals surface area contributed by atoms with Gasteiger partial charge in [0, 0.05) is 51.0 Å². The summed E-state index contributed by atoms with van der Waals surface area (Å²) in [5, 5.41) is 7.11. The number of hydrogen-bond donors (Lipinski definition) is 2. The van der Waals surface area contributed by atoms with Crippen molar-refractivity contribution in [2.24, 2.45) is 4.99 Å². The van der Waals surface area contributed by atoms with E-state index in [4.69, 9.17) is 0 Å². The van der Waals surface area contributed by atoms with Gasteiger partial charge in [-0.3, -0.25) is 4.99 Å². The lowest BCUT2D eigenvalue weighted by Gasteiger charge is -2.34. The second kappa shape index (κ2) is 9.81. The van der Waals surface area contributed by atoms with Gasteiger partial charge in [-0.1, -0.05) is 31.0 Å². The van der Waals surface area contributed by atoms with Gasteiger partial charge in [-0.25, -0.2) is 0 Å². The number of hydrogen-bond acceptors (Lipinski definition) is 3. The van der Waals surface area contributed by atoms with E-state index in [1.807, 2.05) is 7.05 Å². The van der Waals surface area contributed by atoms with Crippen LogP contribution < -0.4 is 15.5 Å². The maximum absolute atomic E-state index is 4.42. The molecule has 2 fully saturated rings. The highest BCUT2D eigenvalue weighted by molar-refractivity contribution is 5.80. The van der Waals surface area contributed by atoms with Gasteiger partial charge in [0.25, 0.3) is 0 Å². The van der Waals surface area contributed by atoms with E-state index in [1.165, 1.54) is 31.4 Å². The first-order valence-electron chi connectivity index (χ1n) is 10.2. The number of guanidine groups is 1. The third kappa shape index (κ3) is 5.37. The van der Waals surface area contributed by atoms with Gasteiger partial charge in [0.1, 0.15) is 0 Å². The van der Waals surface area contributed by atoms with E-state index in [1.54, 1.807) is 0 Å². The zero-order chi connectivity index (χ0) is 18.2. The van der Waals surface area contributed by atoms with Crippen LogP contribution in [0.1, 0.15) is 38.5 Å². The van der Waals surface area contributed by atoms with Crippen LogP contribution in [0, 0.1) is 0 Å². The lowest BCUT2D eigenvalue weighted by molar-refractivity contribution is 0.249. The molecule has 1 aliphatic carbocycles. The summed E-state index contributed by atoms with van der Waals surface area (Å²) in [5.74, 6) is 0.947. The van der Waals surface area contributed by atoms with Crippen LogP contribution in [0.25, 0.3) is 0 Å². The van der Waals surface area contributed by atoms with E-state index in [2.05, 4.69) is 62.8 Å². The van der Waals surface area contributed by atoms with Crippen molar-refractivity contribution in [3.63, 3.8) is 0 Å². The van der Waals surface area contributed by atoms with Crippen LogP contribution in [0.5, 0.6) is 0 Å². The largest absolute Gasteiger partial charge is 0.371 e. The molecule has 1 saturated heterocycles. The number of likely N-dealkylation sites (N-methyl/N-ethyl adjacent to an activating group) is 1. The van der Waals surface area contributed by atoms with E-state index in [9.17, 15) is 0 Å². The molecule has 0 radical (unpaired) electrons. The summed E-state index contributed by atoms with van der Waals surface area (Å²) in [6.07, 6.45) is 7.82. The monoisotopic (exact) mass is 357 g/mol. The third-order valence-corrected chi connectivity index (χ3v) is 5.89. The molecule has 2 N–H and O–H groups in total. The molecule has 2 aliphatic rings. The van der Waals surface area contributed by atoms with E-state index in [0.29, 0.717) is 6.04 Å². The molecule has 1 aromatic rings. The van der Waals surface area contributed by atoms with Crippen LogP contribution in [-0.4, -0.2) is 63.2 Å². The Balaban J connectivity index is 1.36. The quantitative estimate of drug-likeness (QED) is 0.607. The van der Waals surface area contributed by atoms with Gasteiger partial charge in [0.15, 0.2) is 5.96 Å². The normalized spacial score (nSPS) is 20.0. The lowest BCUT2D eigenvalue weighted by Crippen LogP contribution is -2.50. The van der Waals surface area contributed by atoms with Crippen molar-refractivity contribution in [3.05, 3.63) is 30.3 Å². The first-order chi connectivity index (χ1) is 12.8. The lowest BCUT2D eigenvalue weighted by atomic mass is 10.0. The fourth-order valence-electron chi connectivity index (χ4n) is 4.19. The second-order valence-electron chi connectivity index (χ2n) is 7.66. The highest BCUT2D eigenvalue weighted by Gasteiger charge is 2.21. The fraction of sp³-hybridized carbons (Fsp3) is 0.667. The van der Waals surface area contributed by atoms with Gasteiger partial charge in [-0.05, 0) is 44.9 Å². The van der Waals surface area contributed by atoms with E-state index in [-0.39, 0.29) is 0 Å². The first kappa shape index (κ1) is 19.0. The number of para-hydroxylation sites is 1. The number of aliphatic imine (C=N–C) groups is 1. The number of piperidine rings is 1. The molecule has 1 aromatic carbocycles. The standard InChI is InChI=1S/C21H35N5/c1-22-21(23-14-17-25(2)19-8-6-7-9-19)24-18-12-15-26(16-13-18)20-10-4-3-5-11-20/h3-5,10-11,18-19H,6-9,12-17H2,1-2H3,(H2,22,23,24). The molecule has 0 spiro atoms. The smallest absolute Gasteiger partial charge is 0.191 e. The van der Waals surface area contributed by atoms with Gasteiger partial charge >= 0.3 is 0 Å². The molecule has 0 aromatic heterocycles. The highest BCUT2D eigenvalue weighted by atomic mass is 15.2. The Morgan fingerprint density at radius 3 is 2.46 bits per heavy atom. The van der Waals surface area contributed by atoms with Crippen LogP contribution in [0.3, 0.4) is 0 Å². The summed E-state index contributed by atoms with van der Waals surface area (Å²) in [4.78, 5) is 9.40. The van der Waals surface area contributed by atoms with E-state index in [0.717, 1.165) is 51.0 Å². The second-order valence-corrected chi connectivity index (χ2v) is 7.66. The topological polar surface area (TPSA) is 42.9 Å². The van der Waals surface area contributed by atoms with Crippen LogP contribution in [0.15, 0.2) is 35.3 Å². The summed E-state index contributed by atoms with van der Waals surface area (Å²) in [6, 6.07) is 12.0. The van der Waals surface area contributed by atoms with Crippen LogP contribution in [-0.2, 0) is 0 Å². The van der Waals surface area contributed by atoms with Gasteiger partial charge in [0.05, 0.1) is 0 Å². The molecular formula is C21H35N5. The highest BCUT2D eigenvalue weighted by Crippen LogP contribution is 2.22. The third-order valence-electron chi connectivity index (χ3n) is 5.89. The van der Waals surface area contributed by atoms with Crippen LogP contribution in [0.2, 0.25) is 0 Å². The summed E-state index contributed by atoms with van der Waals surface area (Å²) < 4.78 is 0. The zero-order valence-corrected chi connectivity index (χ0v) is 16.5. The molecule has 5 nitrogen and oxygen atoms in total. The molecule has 1 heterocycles. The Hall–Kier alpha value is -1.75. The SMILES string of the molecule is CN=C(NCCN(C)C1CCCC1)NC1CCN(c2ccccc2)CC1. The average Bonchev–Trinajstić information content (AvgIpc) is 3.23.